The number of nitrogens with one attached hydrogen (secondary N) is 2. The summed E-state index contributed by atoms with van der Waals surface area (Å²) in [6.45, 7) is 0.420. The van der Waals surface area contributed by atoms with Crippen LogP contribution in [0.15, 0.2) is 88.5 Å². The van der Waals surface area contributed by atoms with Gasteiger partial charge in [0.15, 0.2) is 0 Å². The molecule has 1 aromatic heterocycles. The third kappa shape index (κ3) is 4.46. The van der Waals surface area contributed by atoms with Crippen LogP contribution in [0.2, 0.25) is 10.0 Å². The summed E-state index contributed by atoms with van der Waals surface area (Å²) < 4.78 is 0.995. The highest BCUT2D eigenvalue weighted by Crippen LogP contribution is 2.25. The van der Waals surface area contributed by atoms with Gasteiger partial charge in [-0.1, -0.05) is 77.8 Å². The lowest BCUT2D eigenvalue weighted by molar-refractivity contribution is -0.120. The van der Waals surface area contributed by atoms with Crippen LogP contribution < -0.4 is 16.6 Å². The van der Waals surface area contributed by atoms with Gasteiger partial charge in [0.25, 0.3) is 5.56 Å². The second kappa shape index (κ2) is 9.41. The molecular formula is C27H19Cl2N3O3. The number of amides is 1. The number of fused-ring (bicyclic) bond motifs is 2. The van der Waals surface area contributed by atoms with Crippen LogP contribution in [0.4, 0.5) is 0 Å². The van der Waals surface area contributed by atoms with Gasteiger partial charge >= 0.3 is 5.69 Å². The van der Waals surface area contributed by atoms with E-state index in [0.29, 0.717) is 12.2 Å². The Bertz CT molecular complexity index is 1700. The molecule has 0 atom stereocenters. The standard InChI is InChI=1S/C27H19Cl2N3O3/c28-21-12-13-22(29)25-24(21)26(34)32(27(35)31-25)19-10-8-16(9-11-19)14-23(33)30-15-18-6-3-5-17-4-1-2-7-20(17)18/h1-13H,14-15H2,(H,30,33)(H,31,35). The van der Waals surface area contributed by atoms with Gasteiger partial charge in [-0.25, -0.2) is 9.36 Å². The number of hydrogen-bond donors (Lipinski definition) is 2. The molecule has 4 aromatic carbocycles. The minimum Gasteiger partial charge on any atom is -0.352 e. The van der Waals surface area contributed by atoms with Crippen molar-refractivity contribution in [3.05, 3.63) is 121 Å². The Morgan fingerprint density at radius 2 is 1.57 bits per heavy atom. The molecule has 174 valence electrons. The summed E-state index contributed by atoms with van der Waals surface area (Å²) in [6, 6.07) is 23.7. The zero-order valence-corrected chi connectivity index (χ0v) is 19.9. The first kappa shape index (κ1) is 22.9. The third-order valence-corrected chi connectivity index (χ3v) is 6.50. The Morgan fingerprint density at radius 3 is 2.37 bits per heavy atom. The van der Waals surface area contributed by atoms with E-state index in [2.05, 4.69) is 10.3 Å². The van der Waals surface area contributed by atoms with Crippen molar-refractivity contribution in [3.63, 3.8) is 0 Å². The predicted molar refractivity (Wildman–Crippen MR) is 140 cm³/mol. The van der Waals surface area contributed by atoms with Gasteiger partial charge in [0.1, 0.15) is 0 Å². The molecule has 0 bridgehead atoms. The van der Waals surface area contributed by atoms with Crippen molar-refractivity contribution in [2.75, 3.05) is 0 Å². The Balaban J connectivity index is 1.34. The lowest BCUT2D eigenvalue weighted by Gasteiger charge is -2.10. The number of carbonyl (C=O) groups excluding carboxylic acids is 1. The molecule has 0 fully saturated rings. The molecular weight excluding hydrogens is 485 g/mol. The molecule has 6 nitrogen and oxygen atoms in total. The van der Waals surface area contributed by atoms with Crippen LogP contribution in [0.5, 0.6) is 0 Å². The molecule has 35 heavy (non-hydrogen) atoms. The molecule has 0 aliphatic carbocycles. The van der Waals surface area contributed by atoms with E-state index in [1.807, 2.05) is 42.5 Å². The minimum atomic E-state index is -0.632. The summed E-state index contributed by atoms with van der Waals surface area (Å²) in [7, 11) is 0. The van der Waals surface area contributed by atoms with E-state index in [9.17, 15) is 14.4 Å². The number of rotatable bonds is 5. The van der Waals surface area contributed by atoms with Crippen LogP contribution >= 0.6 is 23.2 Å². The maximum Gasteiger partial charge on any atom is 0.333 e. The highest BCUT2D eigenvalue weighted by molar-refractivity contribution is 6.39. The fraction of sp³-hybridized carbons (Fsp3) is 0.0741. The molecule has 0 aliphatic heterocycles. The summed E-state index contributed by atoms with van der Waals surface area (Å²) in [5, 5.41) is 5.75. The van der Waals surface area contributed by atoms with Crippen LogP contribution in [-0.4, -0.2) is 15.5 Å². The number of hydrogen-bond acceptors (Lipinski definition) is 3. The van der Waals surface area contributed by atoms with Gasteiger partial charge in [0.2, 0.25) is 5.91 Å². The third-order valence-electron chi connectivity index (χ3n) is 5.87. The number of H-pyrrole nitrogens is 1. The Kier molecular flexibility index (Phi) is 6.16. The highest BCUT2D eigenvalue weighted by Gasteiger charge is 2.15. The van der Waals surface area contributed by atoms with Crippen LogP contribution in [-0.2, 0) is 17.8 Å². The first-order valence-electron chi connectivity index (χ1n) is 10.9. The molecule has 5 aromatic rings. The number of halogens is 2. The average Bonchev–Trinajstić information content (AvgIpc) is 2.86. The molecule has 0 radical (unpaired) electrons. The van der Waals surface area contributed by atoms with Crippen molar-refractivity contribution in [2.45, 2.75) is 13.0 Å². The maximum atomic E-state index is 13.0. The summed E-state index contributed by atoms with van der Waals surface area (Å²) in [4.78, 5) is 40.8. The number of carbonyl (C=O) groups is 1. The first-order chi connectivity index (χ1) is 16.9. The van der Waals surface area contributed by atoms with E-state index in [1.165, 1.54) is 12.1 Å². The molecule has 0 saturated heterocycles. The maximum absolute atomic E-state index is 13.0. The molecule has 0 aliphatic rings. The lowest BCUT2D eigenvalue weighted by atomic mass is 10.0. The number of aromatic amines is 1. The van der Waals surface area contributed by atoms with E-state index >= 15 is 0 Å². The monoisotopic (exact) mass is 503 g/mol. The Labute approximate surface area is 209 Å². The van der Waals surface area contributed by atoms with Crippen molar-refractivity contribution in [1.82, 2.24) is 14.9 Å². The van der Waals surface area contributed by atoms with E-state index in [4.69, 9.17) is 23.2 Å². The smallest absolute Gasteiger partial charge is 0.333 e. The van der Waals surface area contributed by atoms with Gasteiger partial charge < -0.3 is 10.3 Å². The second-order valence-electron chi connectivity index (χ2n) is 8.11. The molecule has 0 saturated carbocycles. The van der Waals surface area contributed by atoms with Crippen molar-refractivity contribution in [3.8, 4) is 5.69 Å². The molecule has 2 N–H and O–H groups in total. The van der Waals surface area contributed by atoms with Gasteiger partial charge in [-0.3, -0.25) is 9.59 Å². The zero-order chi connectivity index (χ0) is 24.5. The summed E-state index contributed by atoms with van der Waals surface area (Å²) >= 11 is 12.3. The molecule has 8 heteroatoms. The Hall–Kier alpha value is -3.87. The van der Waals surface area contributed by atoms with E-state index in [-0.39, 0.29) is 33.3 Å². The van der Waals surface area contributed by atoms with Crippen molar-refractivity contribution in [2.24, 2.45) is 0 Å². The predicted octanol–water partition coefficient (Wildman–Crippen LogP) is 5.00. The number of aromatic nitrogens is 2. The summed E-state index contributed by atoms with van der Waals surface area (Å²) in [6.07, 6.45) is 0.162. The van der Waals surface area contributed by atoms with E-state index < -0.39 is 11.2 Å². The quantitative estimate of drug-likeness (QED) is 0.354. The van der Waals surface area contributed by atoms with Gasteiger partial charge in [0, 0.05) is 6.54 Å². The normalized spacial score (nSPS) is 11.1. The van der Waals surface area contributed by atoms with Crippen LogP contribution in [0.1, 0.15) is 11.1 Å². The fourth-order valence-corrected chi connectivity index (χ4v) is 4.58. The molecule has 1 heterocycles. The number of nitrogens with zero attached hydrogens (tertiary/aromatic N) is 1. The highest BCUT2D eigenvalue weighted by atomic mass is 35.5. The van der Waals surface area contributed by atoms with E-state index in [1.54, 1.807) is 24.3 Å². The molecule has 0 spiro atoms. The first-order valence-corrected chi connectivity index (χ1v) is 11.6. The molecule has 1 amide bonds. The van der Waals surface area contributed by atoms with Gasteiger partial charge in [-0.05, 0) is 46.2 Å². The van der Waals surface area contributed by atoms with E-state index in [0.717, 1.165) is 26.5 Å². The SMILES string of the molecule is O=C(Cc1ccc(-n2c(=O)[nH]c3c(Cl)ccc(Cl)c3c2=O)cc1)NCc1cccc2ccccc12. The van der Waals surface area contributed by atoms with Gasteiger partial charge in [0.05, 0.1) is 33.1 Å². The summed E-state index contributed by atoms with van der Waals surface area (Å²) in [5.74, 6) is -0.132. The summed E-state index contributed by atoms with van der Waals surface area (Å²) in [5.41, 5.74) is 1.14. The largest absolute Gasteiger partial charge is 0.352 e. The van der Waals surface area contributed by atoms with Crippen LogP contribution in [0.25, 0.3) is 27.4 Å². The minimum absolute atomic E-state index is 0.132. The van der Waals surface area contributed by atoms with Crippen LogP contribution in [0.3, 0.4) is 0 Å². The fourth-order valence-electron chi connectivity index (χ4n) is 4.14. The molecule has 0 unspecified atom stereocenters. The topological polar surface area (TPSA) is 84.0 Å². The van der Waals surface area contributed by atoms with Crippen molar-refractivity contribution < 1.29 is 4.79 Å². The lowest BCUT2D eigenvalue weighted by Crippen LogP contribution is -2.33. The second-order valence-corrected chi connectivity index (χ2v) is 8.92. The van der Waals surface area contributed by atoms with Crippen molar-refractivity contribution >= 4 is 50.8 Å². The average molecular weight is 504 g/mol. The van der Waals surface area contributed by atoms with Crippen molar-refractivity contribution in [1.29, 1.82) is 0 Å². The Morgan fingerprint density at radius 1 is 0.857 bits per heavy atom. The molecule has 5 rings (SSSR count). The van der Waals surface area contributed by atoms with Crippen LogP contribution in [0, 0.1) is 0 Å². The van der Waals surface area contributed by atoms with Gasteiger partial charge in [-0.2, -0.15) is 0 Å². The van der Waals surface area contributed by atoms with Gasteiger partial charge in [-0.15, -0.1) is 0 Å². The zero-order valence-electron chi connectivity index (χ0n) is 18.3. The number of benzene rings is 4.